The molecule has 0 aliphatic carbocycles. The largest absolute Gasteiger partial charge is 0.382 e. The number of methoxy groups -OCH3 is 1. The summed E-state index contributed by atoms with van der Waals surface area (Å²) in [5.74, 6) is 0. The fourth-order valence-electron chi connectivity index (χ4n) is 0.829. The summed E-state index contributed by atoms with van der Waals surface area (Å²) in [5, 5.41) is 4.06. The number of rotatable bonds is 6. The van der Waals surface area contributed by atoms with Crippen molar-refractivity contribution in [1.82, 2.24) is 0 Å². The summed E-state index contributed by atoms with van der Waals surface area (Å²) in [4.78, 5) is 10.1. The maximum absolute atomic E-state index is 5.12. The zero-order chi connectivity index (χ0) is 9.52. The van der Waals surface area contributed by atoms with Gasteiger partial charge in [-0.2, -0.15) is 11.3 Å². The van der Waals surface area contributed by atoms with Gasteiger partial charge in [0.2, 0.25) is 0 Å². The third-order valence-electron chi connectivity index (χ3n) is 1.60. The maximum Gasteiger partial charge on any atom is 0.116 e. The highest BCUT2D eigenvalue weighted by molar-refractivity contribution is 7.07. The molecular weight excluding hydrogens is 188 g/mol. The summed E-state index contributed by atoms with van der Waals surface area (Å²) < 4.78 is 4.81. The molecule has 3 nitrogen and oxygen atoms in total. The number of hydrogen-bond acceptors (Lipinski definition) is 4. The van der Waals surface area contributed by atoms with Gasteiger partial charge in [-0.1, -0.05) is 0 Å². The van der Waals surface area contributed by atoms with Crippen LogP contribution >= 0.6 is 11.3 Å². The second-order valence-corrected chi connectivity index (χ2v) is 3.39. The average molecular weight is 202 g/mol. The van der Waals surface area contributed by atoms with Crippen molar-refractivity contribution in [3.8, 4) is 0 Å². The predicted molar refractivity (Wildman–Crippen MR) is 51.6 cm³/mol. The van der Waals surface area contributed by atoms with Gasteiger partial charge in [0.1, 0.15) is 12.7 Å². The van der Waals surface area contributed by atoms with E-state index in [1.54, 1.807) is 18.4 Å². The minimum atomic E-state index is -0.0110. The van der Waals surface area contributed by atoms with Crippen LogP contribution in [0.25, 0.3) is 0 Å². The molecule has 0 saturated carbocycles. The van der Waals surface area contributed by atoms with Crippen molar-refractivity contribution in [2.24, 2.45) is 0 Å². The van der Waals surface area contributed by atoms with E-state index in [0.29, 0.717) is 13.2 Å². The molecule has 0 aromatic carbocycles. The molecule has 1 rings (SSSR count). The molecule has 1 aromatic heterocycles. The summed E-state index contributed by atoms with van der Waals surface area (Å²) in [6, 6.07) is 2.02. The van der Waals surface area contributed by atoms with Gasteiger partial charge in [-0.15, -0.1) is 0 Å². The van der Waals surface area contributed by atoms with Gasteiger partial charge in [-0.25, -0.2) is 9.78 Å². The molecule has 0 saturated heterocycles. The molecule has 0 radical (unpaired) electrons. The van der Waals surface area contributed by atoms with Crippen molar-refractivity contribution >= 4 is 11.3 Å². The molecule has 0 aliphatic rings. The van der Waals surface area contributed by atoms with E-state index in [1.165, 1.54) is 0 Å². The van der Waals surface area contributed by atoms with Crippen LogP contribution in [-0.2, 0) is 14.5 Å². The molecule has 1 aromatic rings. The zero-order valence-corrected chi connectivity index (χ0v) is 8.67. The van der Waals surface area contributed by atoms with Crippen LogP contribution in [0.15, 0.2) is 16.8 Å². The summed E-state index contributed by atoms with van der Waals surface area (Å²) in [5.41, 5.74) is 1.14. The molecule has 0 amide bonds. The smallest absolute Gasteiger partial charge is 0.116 e. The van der Waals surface area contributed by atoms with E-state index in [9.17, 15) is 0 Å². The van der Waals surface area contributed by atoms with Crippen molar-refractivity contribution < 1.29 is 14.5 Å². The highest BCUT2D eigenvalue weighted by Gasteiger charge is 2.06. The highest BCUT2D eigenvalue weighted by Crippen LogP contribution is 2.19. The third-order valence-corrected chi connectivity index (χ3v) is 2.30. The van der Waals surface area contributed by atoms with Crippen LogP contribution in [0.2, 0.25) is 0 Å². The fraction of sp³-hybridized carbons (Fsp3) is 0.556. The molecule has 0 N–H and O–H groups in total. The van der Waals surface area contributed by atoms with Crippen LogP contribution in [0.4, 0.5) is 0 Å². The van der Waals surface area contributed by atoms with Crippen molar-refractivity contribution in [2.75, 3.05) is 20.3 Å². The quantitative estimate of drug-likeness (QED) is 0.403. The van der Waals surface area contributed by atoms with E-state index in [1.807, 2.05) is 23.8 Å². The van der Waals surface area contributed by atoms with Gasteiger partial charge < -0.3 is 4.74 Å². The van der Waals surface area contributed by atoms with Gasteiger partial charge >= 0.3 is 0 Å². The first-order valence-corrected chi connectivity index (χ1v) is 5.08. The molecule has 0 aliphatic heterocycles. The summed E-state index contributed by atoms with van der Waals surface area (Å²) in [6.45, 7) is 2.97. The molecule has 0 bridgehead atoms. The minimum absolute atomic E-state index is 0.0110. The van der Waals surface area contributed by atoms with E-state index in [-0.39, 0.29) is 6.10 Å². The van der Waals surface area contributed by atoms with Gasteiger partial charge in [-0.05, 0) is 29.3 Å². The number of hydrogen-bond donors (Lipinski definition) is 0. The lowest BCUT2D eigenvalue weighted by Gasteiger charge is -2.09. The first-order valence-electron chi connectivity index (χ1n) is 4.14. The molecule has 4 heteroatoms. The van der Waals surface area contributed by atoms with Gasteiger partial charge in [0.25, 0.3) is 0 Å². The molecule has 1 heterocycles. The Balaban J connectivity index is 2.15. The topological polar surface area (TPSA) is 27.7 Å². The van der Waals surface area contributed by atoms with Crippen LogP contribution in [0, 0.1) is 0 Å². The second-order valence-electron chi connectivity index (χ2n) is 2.61. The Labute approximate surface area is 82.2 Å². The Bertz CT molecular complexity index is 211. The van der Waals surface area contributed by atoms with Gasteiger partial charge in [0.05, 0.1) is 6.61 Å². The summed E-state index contributed by atoms with van der Waals surface area (Å²) in [6.07, 6.45) is -0.0110. The monoisotopic (exact) mass is 202 g/mol. The molecule has 13 heavy (non-hydrogen) atoms. The lowest BCUT2D eigenvalue weighted by Crippen LogP contribution is -2.05. The molecule has 1 unspecified atom stereocenters. The standard InChI is InChI=1S/C9H14O3S/c1-8(9-3-6-13-7-9)12-11-5-4-10-2/h3,6-8H,4-5H2,1-2H3. The second kappa shape index (κ2) is 6.10. The van der Waals surface area contributed by atoms with Crippen LogP contribution in [-0.4, -0.2) is 20.3 Å². The van der Waals surface area contributed by atoms with Gasteiger partial charge in [0.15, 0.2) is 0 Å². The number of thiophene rings is 1. The van der Waals surface area contributed by atoms with E-state index in [0.717, 1.165) is 5.56 Å². The van der Waals surface area contributed by atoms with Crippen LogP contribution in [0.3, 0.4) is 0 Å². The van der Waals surface area contributed by atoms with Gasteiger partial charge in [0, 0.05) is 7.11 Å². The first-order chi connectivity index (χ1) is 6.34. The zero-order valence-electron chi connectivity index (χ0n) is 7.86. The van der Waals surface area contributed by atoms with E-state index >= 15 is 0 Å². The van der Waals surface area contributed by atoms with Crippen LogP contribution in [0.5, 0.6) is 0 Å². The third kappa shape index (κ3) is 3.87. The first kappa shape index (κ1) is 10.7. The summed E-state index contributed by atoms with van der Waals surface area (Å²) in [7, 11) is 1.63. The Morgan fingerprint density at radius 1 is 1.46 bits per heavy atom. The Morgan fingerprint density at radius 3 is 2.92 bits per heavy atom. The Kier molecular flexibility index (Phi) is 5.00. The SMILES string of the molecule is COCCOOC(C)c1ccsc1. The average Bonchev–Trinajstić information content (AvgIpc) is 2.65. The lowest BCUT2D eigenvalue weighted by molar-refractivity contribution is -0.326. The van der Waals surface area contributed by atoms with Crippen LogP contribution < -0.4 is 0 Å². The highest BCUT2D eigenvalue weighted by atomic mass is 32.1. The van der Waals surface area contributed by atoms with Crippen LogP contribution in [0.1, 0.15) is 18.6 Å². The molecule has 0 spiro atoms. The van der Waals surface area contributed by atoms with Crippen molar-refractivity contribution in [3.63, 3.8) is 0 Å². The van der Waals surface area contributed by atoms with Gasteiger partial charge in [-0.3, -0.25) is 0 Å². The van der Waals surface area contributed by atoms with E-state index in [4.69, 9.17) is 14.5 Å². The molecule has 74 valence electrons. The Morgan fingerprint density at radius 2 is 2.31 bits per heavy atom. The number of ether oxygens (including phenoxy) is 1. The van der Waals surface area contributed by atoms with E-state index < -0.39 is 0 Å². The van der Waals surface area contributed by atoms with E-state index in [2.05, 4.69) is 0 Å². The van der Waals surface area contributed by atoms with Crippen molar-refractivity contribution in [3.05, 3.63) is 22.4 Å². The normalized spacial score (nSPS) is 13.1. The Hall–Kier alpha value is -0.420. The minimum Gasteiger partial charge on any atom is -0.382 e. The van der Waals surface area contributed by atoms with Crippen molar-refractivity contribution in [1.29, 1.82) is 0 Å². The predicted octanol–water partition coefficient (Wildman–Crippen LogP) is 2.40. The molecular formula is C9H14O3S. The fourth-order valence-corrected chi connectivity index (χ4v) is 1.57. The summed E-state index contributed by atoms with van der Waals surface area (Å²) >= 11 is 1.65. The lowest BCUT2D eigenvalue weighted by atomic mass is 10.2. The van der Waals surface area contributed by atoms with Crippen molar-refractivity contribution in [2.45, 2.75) is 13.0 Å². The molecule has 1 atom stereocenters. The molecule has 0 fully saturated rings. The maximum atomic E-state index is 5.12.